The van der Waals surface area contributed by atoms with Crippen LogP contribution in [0.1, 0.15) is 32.1 Å². The third-order valence-corrected chi connectivity index (χ3v) is 2.97. The fourth-order valence-corrected chi connectivity index (χ4v) is 1.87. The summed E-state index contributed by atoms with van der Waals surface area (Å²) in [4.78, 5) is 0. The molecule has 0 aromatic heterocycles. The van der Waals surface area contributed by atoms with Gasteiger partial charge in [0.2, 0.25) is 0 Å². The van der Waals surface area contributed by atoms with Gasteiger partial charge in [0.15, 0.2) is 0 Å². The normalized spacial score (nSPS) is 16.2. The molecule has 1 aliphatic rings. The second kappa shape index (κ2) is 5.67. The molecule has 0 aliphatic heterocycles. The van der Waals surface area contributed by atoms with Gasteiger partial charge in [0.1, 0.15) is 0 Å². The van der Waals surface area contributed by atoms with Crippen molar-refractivity contribution in [1.82, 2.24) is 0 Å². The van der Waals surface area contributed by atoms with Gasteiger partial charge in [-0.2, -0.15) is 0 Å². The first-order chi connectivity index (χ1) is 5.84. The molecule has 0 nitrogen and oxygen atoms in total. The molecule has 1 rings (SSSR count). The SMILES string of the molecule is ClCCCC#CC1=C(Br)CCC1. The zero-order valence-corrected chi connectivity index (χ0v) is 9.34. The van der Waals surface area contributed by atoms with Crippen molar-refractivity contribution < 1.29 is 0 Å². The van der Waals surface area contributed by atoms with Gasteiger partial charge >= 0.3 is 0 Å². The second-order valence-corrected chi connectivity index (χ2v) is 4.17. The van der Waals surface area contributed by atoms with Crippen LogP contribution in [0.15, 0.2) is 10.1 Å². The zero-order chi connectivity index (χ0) is 8.81. The minimum atomic E-state index is 0.717. The second-order valence-electron chi connectivity index (χ2n) is 2.83. The van der Waals surface area contributed by atoms with E-state index in [0.29, 0.717) is 0 Å². The molecule has 0 radical (unpaired) electrons. The van der Waals surface area contributed by atoms with Crippen LogP contribution in [0, 0.1) is 11.8 Å². The van der Waals surface area contributed by atoms with E-state index in [-0.39, 0.29) is 0 Å². The van der Waals surface area contributed by atoms with Crippen molar-refractivity contribution >= 4 is 27.5 Å². The van der Waals surface area contributed by atoms with Gasteiger partial charge < -0.3 is 0 Å². The monoisotopic (exact) mass is 246 g/mol. The van der Waals surface area contributed by atoms with Crippen LogP contribution in [0.4, 0.5) is 0 Å². The van der Waals surface area contributed by atoms with Crippen LogP contribution in [-0.4, -0.2) is 5.88 Å². The number of hydrogen-bond donors (Lipinski definition) is 0. The molecule has 1 aliphatic carbocycles. The number of hydrogen-bond acceptors (Lipinski definition) is 0. The highest BCUT2D eigenvalue weighted by molar-refractivity contribution is 9.11. The summed E-state index contributed by atoms with van der Waals surface area (Å²) in [5.41, 5.74) is 1.30. The van der Waals surface area contributed by atoms with Gasteiger partial charge in [-0.3, -0.25) is 0 Å². The quantitative estimate of drug-likeness (QED) is 0.395. The Morgan fingerprint density at radius 2 is 2.25 bits per heavy atom. The van der Waals surface area contributed by atoms with Crippen molar-refractivity contribution in [2.45, 2.75) is 32.1 Å². The van der Waals surface area contributed by atoms with E-state index in [4.69, 9.17) is 11.6 Å². The van der Waals surface area contributed by atoms with Crippen LogP contribution in [0.5, 0.6) is 0 Å². The van der Waals surface area contributed by atoms with Crippen LogP contribution >= 0.6 is 27.5 Å². The number of unbranched alkanes of at least 4 members (excludes halogenated alkanes) is 1. The number of halogens is 2. The predicted octanol–water partition coefficient (Wildman–Crippen LogP) is 3.84. The van der Waals surface area contributed by atoms with Gasteiger partial charge in [0, 0.05) is 22.4 Å². The third-order valence-electron chi connectivity index (χ3n) is 1.83. The van der Waals surface area contributed by atoms with E-state index in [1.54, 1.807) is 0 Å². The number of rotatable bonds is 2. The standard InChI is InChI=1S/C10H12BrCl/c11-10-7-4-6-9(10)5-2-1-3-8-12/h1,3-4,6-8H2. The van der Waals surface area contributed by atoms with E-state index < -0.39 is 0 Å². The molecule has 0 heterocycles. The summed E-state index contributed by atoms with van der Waals surface area (Å²) in [7, 11) is 0. The molecule has 66 valence electrons. The minimum absolute atomic E-state index is 0.717. The van der Waals surface area contributed by atoms with Crippen molar-refractivity contribution in [2.75, 3.05) is 5.88 Å². The lowest BCUT2D eigenvalue weighted by Gasteiger charge is -1.88. The first-order valence-electron chi connectivity index (χ1n) is 4.27. The molecule has 0 unspecified atom stereocenters. The molecule has 0 amide bonds. The Morgan fingerprint density at radius 1 is 1.42 bits per heavy atom. The minimum Gasteiger partial charge on any atom is -0.127 e. The lowest BCUT2D eigenvalue weighted by molar-refractivity contribution is 0.916. The third kappa shape index (κ3) is 3.21. The molecule has 0 aromatic carbocycles. The smallest absolute Gasteiger partial charge is 0.0232 e. The van der Waals surface area contributed by atoms with Crippen molar-refractivity contribution in [1.29, 1.82) is 0 Å². The molecule has 0 atom stereocenters. The zero-order valence-electron chi connectivity index (χ0n) is 7.00. The highest BCUT2D eigenvalue weighted by atomic mass is 79.9. The van der Waals surface area contributed by atoms with Crippen LogP contribution in [0.25, 0.3) is 0 Å². The van der Waals surface area contributed by atoms with E-state index >= 15 is 0 Å². The Labute approximate surface area is 87.5 Å². The molecule has 0 saturated heterocycles. The Bertz CT molecular complexity index is 232. The summed E-state index contributed by atoms with van der Waals surface area (Å²) in [6, 6.07) is 0. The van der Waals surface area contributed by atoms with Gasteiger partial charge in [0.25, 0.3) is 0 Å². The van der Waals surface area contributed by atoms with Crippen LogP contribution < -0.4 is 0 Å². The molecular weight excluding hydrogens is 235 g/mol. The Balaban J connectivity index is 2.37. The van der Waals surface area contributed by atoms with Crippen molar-refractivity contribution in [3.05, 3.63) is 10.1 Å². The van der Waals surface area contributed by atoms with Crippen molar-refractivity contribution in [3.63, 3.8) is 0 Å². The van der Waals surface area contributed by atoms with Gasteiger partial charge in [-0.25, -0.2) is 0 Å². The lowest BCUT2D eigenvalue weighted by Crippen LogP contribution is -1.74. The van der Waals surface area contributed by atoms with Gasteiger partial charge in [-0.15, -0.1) is 11.6 Å². The maximum Gasteiger partial charge on any atom is 0.0232 e. The van der Waals surface area contributed by atoms with Crippen LogP contribution in [-0.2, 0) is 0 Å². The Morgan fingerprint density at radius 3 is 2.83 bits per heavy atom. The van der Waals surface area contributed by atoms with E-state index in [1.807, 2.05) is 0 Å². The molecule has 0 fully saturated rings. The van der Waals surface area contributed by atoms with Gasteiger partial charge in [-0.05, 0) is 25.7 Å². The fraction of sp³-hybridized carbons (Fsp3) is 0.600. The molecule has 12 heavy (non-hydrogen) atoms. The predicted molar refractivity (Wildman–Crippen MR) is 57.5 cm³/mol. The molecule has 0 saturated carbocycles. The highest BCUT2D eigenvalue weighted by Gasteiger charge is 2.08. The van der Waals surface area contributed by atoms with E-state index in [0.717, 1.165) is 25.1 Å². The topological polar surface area (TPSA) is 0 Å². The maximum atomic E-state index is 5.54. The first kappa shape index (κ1) is 10.2. The van der Waals surface area contributed by atoms with E-state index in [2.05, 4.69) is 27.8 Å². The molecule has 0 aromatic rings. The number of allylic oxidation sites excluding steroid dienone is 2. The van der Waals surface area contributed by atoms with Crippen LogP contribution in [0.2, 0.25) is 0 Å². The Hall–Kier alpha value is 0.0700. The molecule has 0 N–H and O–H groups in total. The summed E-state index contributed by atoms with van der Waals surface area (Å²) in [5, 5.41) is 0. The average Bonchev–Trinajstić information content (AvgIpc) is 2.46. The maximum absolute atomic E-state index is 5.54. The number of alkyl halides is 1. The summed E-state index contributed by atoms with van der Waals surface area (Å²) >= 11 is 9.06. The Kier molecular flexibility index (Phi) is 4.80. The summed E-state index contributed by atoms with van der Waals surface area (Å²) in [5.74, 6) is 7.04. The van der Waals surface area contributed by atoms with Crippen LogP contribution in [0.3, 0.4) is 0 Å². The highest BCUT2D eigenvalue weighted by Crippen LogP contribution is 2.29. The van der Waals surface area contributed by atoms with Gasteiger partial charge in [-0.1, -0.05) is 27.8 Å². The molecule has 0 spiro atoms. The largest absolute Gasteiger partial charge is 0.127 e. The van der Waals surface area contributed by atoms with Crippen molar-refractivity contribution in [2.24, 2.45) is 0 Å². The molecule has 0 bridgehead atoms. The van der Waals surface area contributed by atoms with Gasteiger partial charge in [0.05, 0.1) is 0 Å². The van der Waals surface area contributed by atoms with Crippen molar-refractivity contribution in [3.8, 4) is 11.8 Å². The van der Waals surface area contributed by atoms with E-state index in [9.17, 15) is 0 Å². The first-order valence-corrected chi connectivity index (χ1v) is 5.59. The molecule has 2 heteroatoms. The average molecular weight is 248 g/mol. The summed E-state index contributed by atoms with van der Waals surface area (Å²) in [6.07, 6.45) is 5.49. The lowest BCUT2D eigenvalue weighted by atomic mass is 10.2. The summed E-state index contributed by atoms with van der Waals surface area (Å²) < 4.78 is 1.31. The fourth-order valence-electron chi connectivity index (χ4n) is 1.16. The summed E-state index contributed by atoms with van der Waals surface area (Å²) in [6.45, 7) is 0. The molecular formula is C10H12BrCl. The van der Waals surface area contributed by atoms with E-state index in [1.165, 1.54) is 22.9 Å².